The minimum Gasteiger partial charge on any atom is -0.550 e. The number of hydrogen-bond donors (Lipinski definition) is 0. The summed E-state index contributed by atoms with van der Waals surface area (Å²) in [6.07, 6.45) is 0.396. The number of fused-ring (bicyclic) bond motifs is 1. The zero-order chi connectivity index (χ0) is 23.8. The van der Waals surface area contributed by atoms with Crippen LogP contribution in [0.5, 0.6) is 0 Å². The fourth-order valence-corrected chi connectivity index (χ4v) is 5.10. The Morgan fingerprint density at radius 2 is 1.67 bits per heavy atom. The second kappa shape index (κ2) is 10.8. The predicted molar refractivity (Wildman–Crippen MR) is 135 cm³/mol. The molecule has 0 unspecified atom stereocenters. The van der Waals surface area contributed by atoms with Crippen LogP contribution in [0.25, 0.3) is 10.9 Å². The third-order valence-corrected chi connectivity index (χ3v) is 7.16. The van der Waals surface area contributed by atoms with Crippen molar-refractivity contribution in [3.8, 4) is 0 Å². The van der Waals surface area contributed by atoms with Crippen molar-refractivity contribution in [2.45, 2.75) is 77.0 Å². The van der Waals surface area contributed by atoms with Gasteiger partial charge < -0.3 is 14.5 Å². The molecule has 1 aromatic heterocycles. The van der Waals surface area contributed by atoms with Crippen molar-refractivity contribution >= 4 is 40.2 Å². The quantitative estimate of drug-likeness (QED) is 0.372. The maximum absolute atomic E-state index is 11.9. The molecule has 0 amide bonds. The van der Waals surface area contributed by atoms with Crippen molar-refractivity contribution in [3.05, 3.63) is 64.3 Å². The molecule has 0 N–H and O–H groups in total. The Morgan fingerprint density at radius 1 is 1.06 bits per heavy atom. The second-order valence-corrected chi connectivity index (χ2v) is 12.8. The van der Waals surface area contributed by atoms with Crippen LogP contribution in [0.3, 0.4) is 0 Å². The van der Waals surface area contributed by atoms with E-state index in [0.717, 1.165) is 16.8 Å². The average Bonchev–Trinajstić information content (AvgIpc) is 2.94. The second-order valence-electron chi connectivity index (χ2n) is 10.5. The van der Waals surface area contributed by atoms with Gasteiger partial charge in [-0.25, -0.2) is 0 Å². The molecule has 0 aliphatic carbocycles. The molecule has 6 heteroatoms. The van der Waals surface area contributed by atoms with Crippen molar-refractivity contribution in [1.29, 1.82) is 0 Å². The molecule has 0 aliphatic heterocycles. The molecule has 3 nitrogen and oxygen atoms in total. The largest absolute Gasteiger partial charge is 1.00 e. The molecule has 3 aromatic rings. The maximum atomic E-state index is 11.9. The molecule has 0 saturated heterocycles. The Kier molecular flexibility index (Phi) is 9.26. The number of carboxylic acids is 1. The van der Waals surface area contributed by atoms with Gasteiger partial charge in [0.15, 0.2) is 0 Å². The summed E-state index contributed by atoms with van der Waals surface area (Å²) in [5, 5.41) is 13.8. The topological polar surface area (TPSA) is 45.1 Å². The molecule has 0 fully saturated rings. The number of carboxylic acid groups (broad SMARTS) is 1. The molecule has 1 heterocycles. The number of benzene rings is 2. The molecule has 33 heavy (non-hydrogen) atoms. The van der Waals surface area contributed by atoms with E-state index in [9.17, 15) is 9.90 Å². The number of aliphatic carboxylic acids is 1. The van der Waals surface area contributed by atoms with E-state index in [1.807, 2.05) is 36.0 Å². The minimum atomic E-state index is -1.03. The van der Waals surface area contributed by atoms with Crippen LogP contribution >= 0.6 is 23.4 Å². The summed E-state index contributed by atoms with van der Waals surface area (Å²) >= 11 is 7.91. The van der Waals surface area contributed by atoms with Gasteiger partial charge in [-0.2, -0.15) is 0 Å². The van der Waals surface area contributed by atoms with Gasteiger partial charge in [0.1, 0.15) is 0 Å². The molecule has 0 atom stereocenters. The van der Waals surface area contributed by atoms with E-state index in [-0.39, 0.29) is 34.3 Å². The number of hydrogen-bond acceptors (Lipinski definition) is 3. The number of nitrogens with zero attached hydrogens (tertiary/aromatic N) is 1. The molecule has 0 saturated carbocycles. The first-order chi connectivity index (χ1) is 14.8. The summed E-state index contributed by atoms with van der Waals surface area (Å²) in [7, 11) is 0. The van der Waals surface area contributed by atoms with Crippen molar-refractivity contribution in [3.63, 3.8) is 0 Å². The van der Waals surface area contributed by atoms with Gasteiger partial charge in [-0.1, -0.05) is 78.3 Å². The van der Waals surface area contributed by atoms with Gasteiger partial charge in [0.25, 0.3) is 0 Å². The Bertz CT molecular complexity index is 1130. The van der Waals surface area contributed by atoms with Crippen LogP contribution in [0.2, 0.25) is 5.02 Å². The maximum Gasteiger partial charge on any atom is 1.00 e. The van der Waals surface area contributed by atoms with E-state index in [1.165, 1.54) is 15.8 Å². The molecule has 0 radical (unpaired) electrons. The van der Waals surface area contributed by atoms with Gasteiger partial charge >= 0.3 is 29.6 Å². The zero-order valence-electron chi connectivity index (χ0n) is 21.1. The summed E-state index contributed by atoms with van der Waals surface area (Å²) in [6.45, 7) is 15.1. The Balaban J connectivity index is 0.00000385. The monoisotopic (exact) mass is 493 g/mol. The van der Waals surface area contributed by atoms with Gasteiger partial charge in [0, 0.05) is 49.2 Å². The molecule has 0 aliphatic rings. The van der Waals surface area contributed by atoms with Crippen LogP contribution in [-0.2, 0) is 17.8 Å². The van der Waals surface area contributed by atoms with Crippen molar-refractivity contribution in [1.82, 2.24) is 4.57 Å². The zero-order valence-corrected chi connectivity index (χ0v) is 24.7. The molecular formula is C27H33ClNNaO2S. The van der Waals surface area contributed by atoms with Crippen LogP contribution in [0.4, 0.5) is 0 Å². The van der Waals surface area contributed by atoms with Crippen LogP contribution < -0.4 is 34.7 Å². The van der Waals surface area contributed by atoms with Gasteiger partial charge in [0.2, 0.25) is 0 Å². The van der Waals surface area contributed by atoms with Crippen LogP contribution in [0.15, 0.2) is 47.4 Å². The molecule has 0 spiro atoms. The van der Waals surface area contributed by atoms with Crippen LogP contribution in [0.1, 0.15) is 71.2 Å². The van der Waals surface area contributed by atoms with E-state index in [1.54, 1.807) is 13.8 Å². The SMILES string of the molecule is CC(C)c1ccc2c(c1)c(SC(C)(C)C)c(CC(C)(C)C(=O)[O-])n2Cc1ccc(Cl)cc1.[Na+]. The minimum absolute atomic E-state index is 0. The number of carbonyl (C=O) groups is 1. The number of halogens is 1. The van der Waals surface area contributed by atoms with Gasteiger partial charge in [0.05, 0.1) is 0 Å². The summed E-state index contributed by atoms with van der Waals surface area (Å²) < 4.78 is 2.26. The number of thioether (sulfide) groups is 1. The molecule has 172 valence electrons. The van der Waals surface area contributed by atoms with Crippen molar-refractivity contribution < 1.29 is 39.5 Å². The first-order valence-electron chi connectivity index (χ1n) is 11.1. The van der Waals surface area contributed by atoms with Crippen LogP contribution in [0, 0.1) is 5.41 Å². The predicted octanol–water partition coefficient (Wildman–Crippen LogP) is 3.68. The summed E-state index contributed by atoms with van der Waals surface area (Å²) in [4.78, 5) is 13.1. The Hall–Kier alpha value is -0.910. The normalized spacial score (nSPS) is 12.3. The van der Waals surface area contributed by atoms with Crippen molar-refractivity contribution in [2.75, 3.05) is 0 Å². The van der Waals surface area contributed by atoms with Crippen LogP contribution in [-0.4, -0.2) is 15.3 Å². The molecule has 2 aromatic carbocycles. The average molecular weight is 494 g/mol. The van der Waals surface area contributed by atoms with E-state index < -0.39 is 11.4 Å². The smallest absolute Gasteiger partial charge is 0.550 e. The summed E-state index contributed by atoms with van der Waals surface area (Å²) in [5.41, 5.74) is 3.59. The number of rotatable bonds is 7. The molecular weight excluding hydrogens is 461 g/mol. The van der Waals surface area contributed by atoms with Gasteiger partial charge in [-0.05, 0) is 47.7 Å². The Morgan fingerprint density at radius 3 is 2.18 bits per heavy atom. The fourth-order valence-electron chi connectivity index (χ4n) is 3.79. The standard InChI is InChI=1S/C27H34ClNO2S.Na/c1-17(2)19-10-13-22-21(14-19)24(32-26(3,4)5)23(15-27(6,7)25(30)31)29(22)16-18-8-11-20(28)12-9-18;/h8-14,17H,15-16H2,1-7H3,(H,30,31);/q;+1/p-1. The van der Waals surface area contributed by atoms with E-state index in [0.29, 0.717) is 23.9 Å². The van der Waals surface area contributed by atoms with Gasteiger partial charge in [-0.3, -0.25) is 0 Å². The summed E-state index contributed by atoms with van der Waals surface area (Å²) in [5.74, 6) is -0.620. The van der Waals surface area contributed by atoms with E-state index in [4.69, 9.17) is 11.6 Å². The third kappa shape index (κ3) is 6.82. The number of aromatic nitrogens is 1. The first-order valence-corrected chi connectivity index (χ1v) is 12.3. The first kappa shape index (κ1) is 28.3. The molecule has 0 bridgehead atoms. The van der Waals surface area contributed by atoms with Gasteiger partial charge in [-0.15, -0.1) is 11.8 Å². The van der Waals surface area contributed by atoms with Crippen molar-refractivity contribution in [2.24, 2.45) is 5.41 Å². The molecule has 3 rings (SSSR count). The number of carbonyl (C=O) groups excluding carboxylic acids is 1. The van der Waals surface area contributed by atoms with E-state index in [2.05, 4.69) is 57.4 Å². The third-order valence-electron chi connectivity index (χ3n) is 5.63. The summed E-state index contributed by atoms with van der Waals surface area (Å²) in [6, 6.07) is 14.5. The fraction of sp³-hybridized carbons (Fsp3) is 0.444. The Labute approximate surface area is 229 Å². The van der Waals surface area contributed by atoms with E-state index >= 15 is 0 Å².